The Labute approximate surface area is 351 Å². The van der Waals surface area contributed by atoms with Crippen LogP contribution in [0.25, 0.3) is 0 Å². The van der Waals surface area contributed by atoms with Gasteiger partial charge in [0.25, 0.3) is 5.91 Å². The van der Waals surface area contributed by atoms with Crippen molar-refractivity contribution in [1.82, 2.24) is 0 Å². The maximum Gasteiger partial charge on any atom is 0.348 e. The SMILES string of the molecule is COC(=O)c1cc(NC(=O)c2ccc(OC(C)=O)cc2)c(NC2CCCCC2)s1.COC(=O)c1cc(NC(=S)c2ccc(OC(C)=O)cc2)c(NC2CCCCC2)s1. The fraction of sp³-hybridized carbons (Fsp3) is 0.381. The van der Waals surface area contributed by atoms with Crippen LogP contribution < -0.4 is 30.7 Å². The van der Waals surface area contributed by atoms with E-state index in [1.807, 2.05) is 0 Å². The molecule has 2 aromatic heterocycles. The van der Waals surface area contributed by atoms with Crippen LogP contribution in [0.2, 0.25) is 0 Å². The second kappa shape index (κ2) is 21.4. The quantitative estimate of drug-likeness (QED) is 0.0605. The molecule has 2 saturated carbocycles. The molecule has 0 atom stereocenters. The largest absolute Gasteiger partial charge is 0.465 e. The average molecular weight is 849 g/mol. The summed E-state index contributed by atoms with van der Waals surface area (Å²) in [6.07, 6.45) is 11.6. The fourth-order valence-electron chi connectivity index (χ4n) is 6.52. The second-order valence-electron chi connectivity index (χ2n) is 13.8. The first-order valence-corrected chi connectivity index (χ1v) is 21.1. The van der Waals surface area contributed by atoms with Gasteiger partial charge in [0.1, 0.15) is 36.2 Å². The third-order valence-corrected chi connectivity index (χ3v) is 11.8. The van der Waals surface area contributed by atoms with E-state index in [0.29, 0.717) is 49.6 Å². The second-order valence-corrected chi connectivity index (χ2v) is 16.3. The molecule has 2 fully saturated rings. The Hall–Kier alpha value is -5.32. The first-order chi connectivity index (χ1) is 27.9. The highest BCUT2D eigenvalue weighted by molar-refractivity contribution is 7.81. The van der Waals surface area contributed by atoms with Crippen molar-refractivity contribution in [2.24, 2.45) is 0 Å². The predicted molar refractivity (Wildman–Crippen MR) is 231 cm³/mol. The van der Waals surface area contributed by atoms with Crippen LogP contribution in [0.4, 0.5) is 21.4 Å². The zero-order chi connectivity index (χ0) is 41.6. The molecule has 4 aromatic rings. The van der Waals surface area contributed by atoms with Crippen molar-refractivity contribution in [1.29, 1.82) is 0 Å². The number of methoxy groups -OCH3 is 2. The molecule has 58 heavy (non-hydrogen) atoms. The van der Waals surface area contributed by atoms with E-state index in [1.54, 1.807) is 60.7 Å². The lowest BCUT2D eigenvalue weighted by atomic mass is 9.96. The van der Waals surface area contributed by atoms with Crippen LogP contribution in [0.1, 0.15) is 113 Å². The Balaban J connectivity index is 0.000000221. The molecule has 2 aliphatic carbocycles. The van der Waals surface area contributed by atoms with Gasteiger partial charge in [-0.05, 0) is 86.3 Å². The Kier molecular flexibility index (Phi) is 16.2. The molecule has 2 aromatic carbocycles. The summed E-state index contributed by atoms with van der Waals surface area (Å²) in [5, 5.41) is 14.8. The van der Waals surface area contributed by atoms with Crippen LogP contribution in [0, 0.1) is 0 Å². The first kappa shape index (κ1) is 43.8. The smallest absolute Gasteiger partial charge is 0.348 e. The lowest BCUT2D eigenvalue weighted by Crippen LogP contribution is -2.22. The van der Waals surface area contributed by atoms with E-state index in [1.165, 1.54) is 89.3 Å². The van der Waals surface area contributed by atoms with Gasteiger partial charge in [0, 0.05) is 37.1 Å². The van der Waals surface area contributed by atoms with Gasteiger partial charge >= 0.3 is 23.9 Å². The number of benzene rings is 2. The molecule has 308 valence electrons. The normalized spacial score (nSPS) is 14.1. The lowest BCUT2D eigenvalue weighted by Gasteiger charge is -2.23. The van der Waals surface area contributed by atoms with Crippen molar-refractivity contribution in [3.05, 3.63) is 81.5 Å². The van der Waals surface area contributed by atoms with Crippen LogP contribution >= 0.6 is 34.9 Å². The van der Waals surface area contributed by atoms with Crippen LogP contribution in [0.15, 0.2) is 60.7 Å². The molecule has 1 amide bonds. The Morgan fingerprint density at radius 3 is 1.38 bits per heavy atom. The predicted octanol–water partition coefficient (Wildman–Crippen LogP) is 9.45. The number of anilines is 4. The highest BCUT2D eigenvalue weighted by atomic mass is 32.1. The number of carbonyl (C=O) groups is 5. The summed E-state index contributed by atoms with van der Waals surface area (Å²) in [5.74, 6) is -1.08. The molecule has 0 radical (unpaired) electrons. The summed E-state index contributed by atoms with van der Waals surface area (Å²) in [4.78, 5) is 60.2. The van der Waals surface area contributed by atoms with Gasteiger partial charge in [-0.15, -0.1) is 22.7 Å². The summed E-state index contributed by atoms with van der Waals surface area (Å²) in [7, 11) is 2.71. The molecule has 13 nitrogen and oxygen atoms in total. The van der Waals surface area contributed by atoms with Crippen molar-refractivity contribution in [2.75, 3.05) is 35.5 Å². The van der Waals surface area contributed by atoms with Crippen LogP contribution in [-0.2, 0) is 19.1 Å². The lowest BCUT2D eigenvalue weighted by molar-refractivity contribution is -0.132. The molecule has 0 aliphatic heterocycles. The van der Waals surface area contributed by atoms with Gasteiger partial charge in [-0.1, -0.05) is 50.7 Å². The zero-order valence-corrected chi connectivity index (χ0v) is 35.3. The van der Waals surface area contributed by atoms with Gasteiger partial charge in [0.05, 0.1) is 25.6 Å². The monoisotopic (exact) mass is 848 g/mol. The van der Waals surface area contributed by atoms with Gasteiger partial charge < -0.3 is 40.2 Å². The molecule has 16 heteroatoms. The molecule has 0 bridgehead atoms. The van der Waals surface area contributed by atoms with Crippen LogP contribution in [-0.4, -0.2) is 61.1 Å². The van der Waals surface area contributed by atoms with E-state index in [2.05, 4.69) is 21.3 Å². The fourth-order valence-corrected chi connectivity index (χ4v) is 8.78. The number of amides is 1. The average Bonchev–Trinajstić information content (AvgIpc) is 3.81. The minimum Gasteiger partial charge on any atom is -0.465 e. The molecule has 6 rings (SSSR count). The number of ether oxygens (including phenoxy) is 4. The highest BCUT2D eigenvalue weighted by Gasteiger charge is 2.23. The van der Waals surface area contributed by atoms with Crippen LogP contribution in [0.3, 0.4) is 0 Å². The summed E-state index contributed by atoms with van der Waals surface area (Å²) >= 11 is 8.18. The number of thiophene rings is 2. The van der Waals surface area contributed by atoms with E-state index in [-0.39, 0.29) is 17.8 Å². The van der Waals surface area contributed by atoms with E-state index in [0.717, 1.165) is 46.9 Å². The van der Waals surface area contributed by atoms with Gasteiger partial charge in [0.15, 0.2) is 0 Å². The maximum absolute atomic E-state index is 12.7. The molecule has 0 saturated heterocycles. The van der Waals surface area contributed by atoms with E-state index in [4.69, 9.17) is 31.2 Å². The van der Waals surface area contributed by atoms with E-state index in [9.17, 15) is 24.0 Å². The third-order valence-electron chi connectivity index (χ3n) is 9.37. The van der Waals surface area contributed by atoms with Crippen molar-refractivity contribution in [3.8, 4) is 11.5 Å². The molecule has 2 aliphatic rings. The Morgan fingerprint density at radius 1 is 0.586 bits per heavy atom. The minimum atomic E-state index is -0.437. The molecule has 0 spiro atoms. The topological polar surface area (TPSA) is 170 Å². The van der Waals surface area contributed by atoms with Crippen molar-refractivity contribution in [3.63, 3.8) is 0 Å². The molecule has 0 unspecified atom stereocenters. The first-order valence-electron chi connectivity index (χ1n) is 19.1. The van der Waals surface area contributed by atoms with Gasteiger partial charge in [-0.3, -0.25) is 14.4 Å². The molecular formula is C42H48N4O9S3. The van der Waals surface area contributed by atoms with E-state index < -0.39 is 11.9 Å². The summed E-state index contributed by atoms with van der Waals surface area (Å²) in [5.41, 5.74) is 2.51. The summed E-state index contributed by atoms with van der Waals surface area (Å²) < 4.78 is 19.7. The maximum atomic E-state index is 12.7. The van der Waals surface area contributed by atoms with Crippen LogP contribution in [0.5, 0.6) is 11.5 Å². The highest BCUT2D eigenvalue weighted by Crippen LogP contribution is 2.37. The number of carbonyl (C=O) groups excluding carboxylic acids is 5. The minimum absolute atomic E-state index is 0.319. The van der Waals surface area contributed by atoms with Gasteiger partial charge in [-0.2, -0.15) is 0 Å². The third kappa shape index (κ3) is 12.8. The number of nitrogens with one attached hydrogen (secondary N) is 4. The van der Waals surface area contributed by atoms with Crippen molar-refractivity contribution < 1.29 is 42.9 Å². The number of thiocarbonyl (C=S) groups is 1. The summed E-state index contributed by atoms with van der Waals surface area (Å²) in [6, 6.07) is 17.4. The Morgan fingerprint density at radius 2 is 0.983 bits per heavy atom. The standard InChI is InChI=1S/C21H24N2O5S.C21H24N2O4S2/c1-13(24)28-16-10-8-14(9-11-16)19(25)23-17-12-18(21(26)27-2)29-20(17)22-15-6-4-3-5-7-15;1-13(24)27-16-10-8-14(9-11-16)19(28)23-17-12-18(21(25)26-2)29-20(17)22-15-6-4-3-5-7-15/h8-12,15,22H,3-7H2,1-2H3,(H,23,25);8-12,15,22H,3-7H2,1-2H3,(H,23,28). The zero-order valence-electron chi connectivity index (χ0n) is 32.9. The molecule has 2 heterocycles. The number of rotatable bonds is 12. The number of hydrogen-bond donors (Lipinski definition) is 4. The van der Waals surface area contributed by atoms with Gasteiger partial charge in [-0.25, -0.2) is 9.59 Å². The Bertz CT molecular complexity index is 1920. The van der Waals surface area contributed by atoms with Crippen molar-refractivity contribution >= 4 is 91.0 Å². The summed E-state index contributed by atoms with van der Waals surface area (Å²) in [6.45, 7) is 2.67. The number of hydrogen-bond acceptors (Lipinski definition) is 14. The van der Waals surface area contributed by atoms with E-state index >= 15 is 0 Å². The molecule has 4 N–H and O–H groups in total. The van der Waals surface area contributed by atoms with Crippen molar-refractivity contribution in [2.45, 2.75) is 90.1 Å². The van der Waals surface area contributed by atoms with Gasteiger partial charge in [0.2, 0.25) is 0 Å². The number of esters is 4. The molecular weight excluding hydrogens is 801 g/mol.